The molecule has 0 aromatic heterocycles. The molecule has 98 valence electrons. The monoisotopic (exact) mass is 269 g/mol. The maximum Gasteiger partial charge on any atom is 0.267 e. The van der Waals surface area contributed by atoms with Gasteiger partial charge in [-0.05, 0) is 18.6 Å². The van der Waals surface area contributed by atoms with E-state index in [9.17, 15) is 13.2 Å². The highest BCUT2D eigenvalue weighted by Gasteiger charge is 2.35. The Hall–Kier alpha value is -1.40. The van der Waals surface area contributed by atoms with Gasteiger partial charge in [-0.2, -0.15) is 8.42 Å². The van der Waals surface area contributed by atoms with E-state index in [0.29, 0.717) is 13.0 Å². The van der Waals surface area contributed by atoms with Crippen LogP contribution in [-0.4, -0.2) is 33.7 Å². The van der Waals surface area contributed by atoms with Crippen molar-refractivity contribution in [2.45, 2.75) is 6.42 Å². The summed E-state index contributed by atoms with van der Waals surface area (Å²) in [4.78, 5) is 13.7. The van der Waals surface area contributed by atoms with Gasteiger partial charge in [0.05, 0.1) is 18.8 Å². The molecule has 2 rings (SSSR count). The van der Waals surface area contributed by atoms with E-state index in [4.69, 9.17) is 0 Å². The van der Waals surface area contributed by atoms with Gasteiger partial charge < -0.3 is 4.90 Å². The van der Waals surface area contributed by atoms with E-state index < -0.39 is 16.0 Å². The Morgan fingerprint density at radius 2 is 2.00 bits per heavy atom. The van der Waals surface area contributed by atoms with Gasteiger partial charge in [0.25, 0.3) is 10.1 Å². The molecular formula is C12H15NO4S. The summed E-state index contributed by atoms with van der Waals surface area (Å²) >= 11 is 0. The molecule has 1 aromatic carbocycles. The lowest BCUT2D eigenvalue weighted by molar-refractivity contribution is -0.119. The molecule has 0 spiro atoms. The van der Waals surface area contributed by atoms with E-state index in [0.717, 1.165) is 12.8 Å². The highest BCUT2D eigenvalue weighted by Crippen LogP contribution is 2.25. The minimum atomic E-state index is -3.59. The topological polar surface area (TPSA) is 63.7 Å². The average molecular weight is 269 g/mol. The first-order valence-corrected chi connectivity index (χ1v) is 7.26. The molecule has 1 aliphatic rings. The van der Waals surface area contributed by atoms with Crippen LogP contribution in [0.5, 0.6) is 0 Å². The quantitative estimate of drug-likeness (QED) is 0.765. The van der Waals surface area contributed by atoms with Crippen molar-refractivity contribution in [1.82, 2.24) is 0 Å². The molecule has 6 heteroatoms. The van der Waals surface area contributed by atoms with Gasteiger partial charge in [-0.1, -0.05) is 18.2 Å². The number of nitrogens with zero attached hydrogens (tertiary/aromatic N) is 1. The van der Waals surface area contributed by atoms with Crippen LogP contribution in [0.1, 0.15) is 6.42 Å². The number of amides is 1. The van der Waals surface area contributed by atoms with Crippen LogP contribution in [0.25, 0.3) is 0 Å². The zero-order valence-electron chi connectivity index (χ0n) is 10.1. The number of carbonyl (C=O) groups excluding carboxylic acids is 1. The summed E-state index contributed by atoms with van der Waals surface area (Å²) in [7, 11) is -2.47. The maximum atomic E-state index is 12.1. The number of carbonyl (C=O) groups is 1. The Morgan fingerprint density at radius 3 is 2.61 bits per heavy atom. The van der Waals surface area contributed by atoms with Crippen molar-refractivity contribution < 1.29 is 17.4 Å². The van der Waals surface area contributed by atoms with E-state index in [1.807, 2.05) is 30.3 Å². The van der Waals surface area contributed by atoms with E-state index >= 15 is 0 Å². The van der Waals surface area contributed by atoms with Gasteiger partial charge in [-0.25, -0.2) is 0 Å². The highest BCUT2D eigenvalue weighted by molar-refractivity contribution is 7.86. The highest BCUT2D eigenvalue weighted by atomic mass is 32.2. The minimum Gasteiger partial charge on any atom is -0.312 e. The third-order valence-electron chi connectivity index (χ3n) is 3.04. The Morgan fingerprint density at radius 1 is 1.33 bits per heavy atom. The van der Waals surface area contributed by atoms with E-state index in [1.54, 1.807) is 4.90 Å². The molecule has 1 heterocycles. The van der Waals surface area contributed by atoms with Gasteiger partial charge in [-0.15, -0.1) is 0 Å². The Labute approximate surface area is 106 Å². The van der Waals surface area contributed by atoms with Crippen LogP contribution in [0.3, 0.4) is 0 Å². The second-order valence-corrected chi connectivity index (χ2v) is 5.98. The first-order valence-electron chi connectivity index (χ1n) is 5.68. The molecule has 1 aliphatic heterocycles. The van der Waals surface area contributed by atoms with Crippen molar-refractivity contribution >= 4 is 21.7 Å². The lowest BCUT2D eigenvalue weighted by atomic mass is 10.1. The lowest BCUT2D eigenvalue weighted by Gasteiger charge is -2.16. The minimum absolute atomic E-state index is 0.151. The smallest absolute Gasteiger partial charge is 0.267 e. The van der Waals surface area contributed by atoms with Gasteiger partial charge in [0.1, 0.15) is 0 Å². The van der Waals surface area contributed by atoms with E-state index in [-0.39, 0.29) is 11.7 Å². The molecule has 18 heavy (non-hydrogen) atoms. The van der Waals surface area contributed by atoms with E-state index in [2.05, 4.69) is 4.18 Å². The standard InChI is InChI=1S/C12H15NO4S/c1-17-18(15,16)9-10-7-8-13(12(10)14)11-5-3-2-4-6-11/h2-6,10H,7-9H2,1H3. The zero-order chi connectivity index (χ0) is 13.2. The molecule has 1 aromatic rings. The zero-order valence-corrected chi connectivity index (χ0v) is 10.9. The first kappa shape index (κ1) is 13.0. The van der Waals surface area contributed by atoms with Gasteiger partial charge >= 0.3 is 0 Å². The molecule has 1 amide bonds. The maximum absolute atomic E-state index is 12.1. The van der Waals surface area contributed by atoms with Crippen molar-refractivity contribution in [1.29, 1.82) is 0 Å². The summed E-state index contributed by atoms with van der Waals surface area (Å²) in [6, 6.07) is 9.25. The molecular weight excluding hydrogens is 254 g/mol. The SMILES string of the molecule is COS(=O)(=O)CC1CCN(c2ccccc2)C1=O. The number of hydrogen-bond acceptors (Lipinski definition) is 4. The molecule has 5 nitrogen and oxygen atoms in total. The van der Waals surface area contributed by atoms with Crippen LogP contribution in [0.15, 0.2) is 30.3 Å². The predicted molar refractivity (Wildman–Crippen MR) is 67.7 cm³/mol. The number of hydrogen-bond donors (Lipinski definition) is 0. The molecule has 1 unspecified atom stereocenters. The van der Waals surface area contributed by atoms with Crippen molar-refractivity contribution in [3.05, 3.63) is 30.3 Å². The number of para-hydroxylation sites is 1. The van der Waals surface area contributed by atoms with Gasteiger partial charge in [0, 0.05) is 12.2 Å². The molecule has 0 radical (unpaired) electrons. The molecule has 0 saturated carbocycles. The summed E-state index contributed by atoms with van der Waals surface area (Å²) in [5.74, 6) is -0.900. The number of rotatable bonds is 4. The summed E-state index contributed by atoms with van der Waals surface area (Å²) < 4.78 is 27.1. The fourth-order valence-electron chi connectivity index (χ4n) is 2.07. The Balaban J connectivity index is 2.11. The molecule has 0 N–H and O–H groups in total. The fraction of sp³-hybridized carbons (Fsp3) is 0.417. The first-order chi connectivity index (χ1) is 8.53. The van der Waals surface area contributed by atoms with E-state index in [1.165, 1.54) is 0 Å². The predicted octanol–water partition coefficient (Wildman–Crippen LogP) is 1.02. The lowest BCUT2D eigenvalue weighted by Crippen LogP contribution is -2.30. The van der Waals surface area contributed by atoms with Crippen LogP contribution >= 0.6 is 0 Å². The van der Waals surface area contributed by atoms with Gasteiger partial charge in [0.2, 0.25) is 5.91 Å². The number of benzene rings is 1. The van der Waals surface area contributed by atoms with Crippen LogP contribution in [-0.2, 0) is 19.1 Å². The van der Waals surface area contributed by atoms with Crippen LogP contribution in [0.2, 0.25) is 0 Å². The molecule has 1 saturated heterocycles. The molecule has 0 bridgehead atoms. The number of anilines is 1. The summed E-state index contributed by atoms with van der Waals surface area (Å²) in [5, 5.41) is 0. The van der Waals surface area contributed by atoms with Crippen LogP contribution < -0.4 is 4.90 Å². The van der Waals surface area contributed by atoms with Crippen molar-refractivity contribution in [3.63, 3.8) is 0 Å². The third-order valence-corrected chi connectivity index (χ3v) is 4.36. The second-order valence-electron chi connectivity index (χ2n) is 4.20. The van der Waals surface area contributed by atoms with Crippen molar-refractivity contribution in [3.8, 4) is 0 Å². The summed E-state index contributed by atoms with van der Waals surface area (Å²) in [6.07, 6.45) is 0.538. The third kappa shape index (κ3) is 2.70. The molecule has 1 atom stereocenters. The average Bonchev–Trinajstić information content (AvgIpc) is 2.72. The van der Waals surface area contributed by atoms with Crippen molar-refractivity contribution in [2.24, 2.45) is 5.92 Å². The van der Waals surface area contributed by atoms with Crippen LogP contribution in [0, 0.1) is 5.92 Å². The van der Waals surface area contributed by atoms with Crippen molar-refractivity contribution in [2.75, 3.05) is 24.3 Å². The molecule has 1 fully saturated rings. The summed E-state index contributed by atoms with van der Waals surface area (Å²) in [6.45, 7) is 0.548. The molecule has 0 aliphatic carbocycles. The normalized spacial score (nSPS) is 20.4. The Bertz CT molecular complexity index is 526. The van der Waals surface area contributed by atoms with Crippen LogP contribution in [0.4, 0.5) is 5.69 Å². The largest absolute Gasteiger partial charge is 0.312 e. The fourth-order valence-corrected chi connectivity index (χ4v) is 3.01. The summed E-state index contributed by atoms with van der Waals surface area (Å²) in [5.41, 5.74) is 0.805. The second kappa shape index (κ2) is 5.07. The Kier molecular flexibility index (Phi) is 3.68. The van der Waals surface area contributed by atoms with Gasteiger partial charge in [0.15, 0.2) is 0 Å². The van der Waals surface area contributed by atoms with Gasteiger partial charge in [-0.3, -0.25) is 8.98 Å².